The van der Waals surface area contributed by atoms with Gasteiger partial charge in [0, 0.05) is 5.75 Å². The Kier molecular flexibility index (Phi) is 5.18. The minimum absolute atomic E-state index is 0.0472. The Morgan fingerprint density at radius 3 is 2.46 bits per heavy atom. The maximum atomic E-state index is 9.68. The SMILES string of the molecule is CC(C)CSCC(O)CC1CCC1. The first-order valence-electron chi connectivity index (χ1n) is 5.44. The maximum Gasteiger partial charge on any atom is 0.0633 e. The Morgan fingerprint density at radius 1 is 1.31 bits per heavy atom. The maximum absolute atomic E-state index is 9.68. The van der Waals surface area contributed by atoms with E-state index in [9.17, 15) is 5.11 Å². The molecule has 1 unspecified atom stereocenters. The summed E-state index contributed by atoms with van der Waals surface area (Å²) in [5, 5.41) is 9.68. The van der Waals surface area contributed by atoms with Crippen molar-refractivity contribution in [3.8, 4) is 0 Å². The van der Waals surface area contributed by atoms with Crippen LogP contribution in [0.25, 0.3) is 0 Å². The van der Waals surface area contributed by atoms with Gasteiger partial charge in [-0.1, -0.05) is 33.1 Å². The van der Waals surface area contributed by atoms with Gasteiger partial charge in [-0.15, -0.1) is 0 Å². The van der Waals surface area contributed by atoms with Crippen molar-refractivity contribution in [2.24, 2.45) is 11.8 Å². The van der Waals surface area contributed by atoms with Gasteiger partial charge in [-0.3, -0.25) is 0 Å². The van der Waals surface area contributed by atoms with Crippen LogP contribution in [0.1, 0.15) is 39.5 Å². The molecule has 0 saturated heterocycles. The van der Waals surface area contributed by atoms with Crippen LogP contribution in [-0.2, 0) is 0 Å². The Balaban J connectivity index is 1.93. The van der Waals surface area contributed by atoms with E-state index >= 15 is 0 Å². The fourth-order valence-electron chi connectivity index (χ4n) is 1.62. The number of thioether (sulfide) groups is 1. The third-order valence-corrected chi connectivity index (χ3v) is 4.11. The molecule has 0 radical (unpaired) electrons. The Bertz CT molecular complexity index is 132. The van der Waals surface area contributed by atoms with E-state index in [1.54, 1.807) is 0 Å². The smallest absolute Gasteiger partial charge is 0.0633 e. The molecule has 1 N–H and O–H groups in total. The van der Waals surface area contributed by atoms with Gasteiger partial charge in [0.1, 0.15) is 0 Å². The minimum atomic E-state index is -0.0472. The molecule has 1 nitrogen and oxygen atoms in total. The summed E-state index contributed by atoms with van der Waals surface area (Å²) in [7, 11) is 0. The third kappa shape index (κ3) is 4.92. The summed E-state index contributed by atoms with van der Waals surface area (Å²) in [6.45, 7) is 4.45. The van der Waals surface area contributed by atoms with Gasteiger partial charge in [0.15, 0.2) is 0 Å². The highest BCUT2D eigenvalue weighted by Crippen LogP contribution is 2.31. The van der Waals surface area contributed by atoms with Crippen molar-refractivity contribution in [3.05, 3.63) is 0 Å². The van der Waals surface area contributed by atoms with E-state index in [0.717, 1.165) is 24.0 Å². The van der Waals surface area contributed by atoms with E-state index in [1.807, 2.05) is 11.8 Å². The molecular formula is C11H22OS. The van der Waals surface area contributed by atoms with Gasteiger partial charge in [0.25, 0.3) is 0 Å². The second-order valence-electron chi connectivity index (χ2n) is 4.62. The van der Waals surface area contributed by atoms with E-state index in [-0.39, 0.29) is 6.10 Å². The second kappa shape index (κ2) is 5.92. The Morgan fingerprint density at radius 2 is 2.00 bits per heavy atom. The van der Waals surface area contributed by atoms with Gasteiger partial charge in [0.05, 0.1) is 6.10 Å². The van der Waals surface area contributed by atoms with Gasteiger partial charge in [0.2, 0.25) is 0 Å². The zero-order chi connectivity index (χ0) is 9.68. The predicted molar refractivity (Wildman–Crippen MR) is 60.1 cm³/mol. The average Bonchev–Trinajstić information content (AvgIpc) is 1.96. The van der Waals surface area contributed by atoms with Crippen LogP contribution in [0.2, 0.25) is 0 Å². The first-order chi connectivity index (χ1) is 6.18. The highest BCUT2D eigenvalue weighted by molar-refractivity contribution is 7.99. The third-order valence-electron chi connectivity index (χ3n) is 2.59. The molecule has 0 bridgehead atoms. The molecule has 0 amide bonds. The lowest BCUT2D eigenvalue weighted by Crippen LogP contribution is -2.21. The zero-order valence-corrected chi connectivity index (χ0v) is 9.65. The second-order valence-corrected chi connectivity index (χ2v) is 5.69. The highest BCUT2D eigenvalue weighted by atomic mass is 32.2. The summed E-state index contributed by atoms with van der Waals surface area (Å²) < 4.78 is 0. The van der Waals surface area contributed by atoms with Gasteiger partial charge in [-0.25, -0.2) is 0 Å². The summed E-state index contributed by atoms with van der Waals surface area (Å²) in [4.78, 5) is 0. The van der Waals surface area contributed by atoms with E-state index < -0.39 is 0 Å². The minimum Gasteiger partial charge on any atom is -0.392 e. The topological polar surface area (TPSA) is 20.2 Å². The summed E-state index contributed by atoms with van der Waals surface area (Å²) in [6.07, 6.45) is 5.09. The molecule has 0 spiro atoms. The van der Waals surface area contributed by atoms with E-state index in [2.05, 4.69) is 13.8 Å². The summed E-state index contributed by atoms with van der Waals surface area (Å²) in [6, 6.07) is 0. The van der Waals surface area contributed by atoms with Gasteiger partial charge in [-0.05, 0) is 24.0 Å². The number of hydrogen-bond acceptors (Lipinski definition) is 2. The first kappa shape index (κ1) is 11.4. The van der Waals surface area contributed by atoms with Crippen LogP contribution in [0.5, 0.6) is 0 Å². The lowest BCUT2D eigenvalue weighted by molar-refractivity contribution is 0.136. The number of hydrogen-bond donors (Lipinski definition) is 1. The van der Waals surface area contributed by atoms with Crippen LogP contribution in [0.3, 0.4) is 0 Å². The molecule has 1 aliphatic rings. The Hall–Kier alpha value is 0.310. The van der Waals surface area contributed by atoms with Crippen LogP contribution in [-0.4, -0.2) is 22.7 Å². The Labute approximate surface area is 86.3 Å². The number of aliphatic hydroxyl groups excluding tert-OH is 1. The van der Waals surface area contributed by atoms with Crippen molar-refractivity contribution >= 4 is 11.8 Å². The standard InChI is InChI=1S/C11H22OS/c1-9(2)7-13-8-11(12)6-10-4-3-5-10/h9-12H,3-8H2,1-2H3. The van der Waals surface area contributed by atoms with Crippen molar-refractivity contribution in [1.82, 2.24) is 0 Å². The molecule has 0 aromatic heterocycles. The molecular weight excluding hydrogens is 180 g/mol. The monoisotopic (exact) mass is 202 g/mol. The lowest BCUT2D eigenvalue weighted by Gasteiger charge is -2.27. The molecule has 2 heteroatoms. The lowest BCUT2D eigenvalue weighted by atomic mass is 9.82. The molecule has 1 atom stereocenters. The summed E-state index contributed by atoms with van der Waals surface area (Å²) in [5.74, 6) is 3.71. The van der Waals surface area contributed by atoms with Crippen molar-refractivity contribution in [2.45, 2.75) is 45.6 Å². The van der Waals surface area contributed by atoms with Crippen molar-refractivity contribution in [3.63, 3.8) is 0 Å². The van der Waals surface area contributed by atoms with Crippen molar-refractivity contribution < 1.29 is 5.11 Å². The van der Waals surface area contributed by atoms with Gasteiger partial charge in [-0.2, -0.15) is 11.8 Å². The largest absolute Gasteiger partial charge is 0.392 e. The average molecular weight is 202 g/mol. The van der Waals surface area contributed by atoms with Crippen molar-refractivity contribution in [1.29, 1.82) is 0 Å². The van der Waals surface area contributed by atoms with Crippen LogP contribution in [0.4, 0.5) is 0 Å². The molecule has 1 rings (SSSR count). The molecule has 1 saturated carbocycles. The molecule has 0 aromatic rings. The van der Waals surface area contributed by atoms with E-state index in [4.69, 9.17) is 0 Å². The predicted octanol–water partition coefficient (Wildman–Crippen LogP) is 2.93. The van der Waals surface area contributed by atoms with Crippen LogP contribution >= 0.6 is 11.8 Å². The molecule has 0 heterocycles. The number of aliphatic hydroxyl groups is 1. The van der Waals surface area contributed by atoms with Gasteiger partial charge < -0.3 is 5.11 Å². The van der Waals surface area contributed by atoms with Crippen molar-refractivity contribution in [2.75, 3.05) is 11.5 Å². The summed E-state index contributed by atoms with van der Waals surface area (Å²) >= 11 is 1.90. The van der Waals surface area contributed by atoms with E-state index in [0.29, 0.717) is 0 Å². The quantitative estimate of drug-likeness (QED) is 0.714. The van der Waals surface area contributed by atoms with Gasteiger partial charge >= 0.3 is 0 Å². The molecule has 1 aliphatic carbocycles. The first-order valence-corrected chi connectivity index (χ1v) is 6.59. The van der Waals surface area contributed by atoms with Crippen LogP contribution in [0.15, 0.2) is 0 Å². The fourth-order valence-corrected chi connectivity index (χ4v) is 2.64. The molecule has 0 aromatic carbocycles. The fraction of sp³-hybridized carbons (Fsp3) is 1.00. The normalized spacial score (nSPS) is 20.3. The molecule has 78 valence electrons. The molecule has 0 aliphatic heterocycles. The van der Waals surface area contributed by atoms with Crippen LogP contribution < -0.4 is 0 Å². The zero-order valence-electron chi connectivity index (χ0n) is 8.83. The van der Waals surface area contributed by atoms with Crippen LogP contribution in [0, 0.1) is 11.8 Å². The summed E-state index contributed by atoms with van der Waals surface area (Å²) in [5.41, 5.74) is 0. The highest BCUT2D eigenvalue weighted by Gasteiger charge is 2.20. The van der Waals surface area contributed by atoms with E-state index in [1.165, 1.54) is 25.0 Å². The molecule has 13 heavy (non-hydrogen) atoms. The molecule has 1 fully saturated rings. The number of rotatable bonds is 6.